The van der Waals surface area contributed by atoms with Gasteiger partial charge in [0.05, 0.1) is 11.1 Å². The Kier molecular flexibility index (Phi) is 6.87. The van der Waals surface area contributed by atoms with Crippen molar-refractivity contribution in [3.05, 3.63) is 94.5 Å². The van der Waals surface area contributed by atoms with Crippen molar-refractivity contribution in [1.29, 1.82) is 0 Å². The lowest BCUT2D eigenvalue weighted by atomic mass is 9.95. The molecule has 0 saturated heterocycles. The highest BCUT2D eigenvalue weighted by Gasteiger charge is 2.29. The monoisotopic (exact) mass is 444 g/mol. The van der Waals surface area contributed by atoms with E-state index in [1.54, 1.807) is 6.07 Å². The molecule has 0 amide bonds. The molecule has 4 nitrogen and oxygen atoms in total. The molecule has 0 saturated carbocycles. The number of halogens is 4. The molecule has 0 aliphatic carbocycles. The van der Waals surface area contributed by atoms with Gasteiger partial charge in [-0.2, -0.15) is 0 Å². The lowest BCUT2D eigenvalue weighted by molar-refractivity contribution is 0.103. The van der Waals surface area contributed by atoms with Crippen molar-refractivity contribution in [2.75, 3.05) is 0 Å². The zero-order chi connectivity index (χ0) is 22.5. The number of benzene rings is 2. The van der Waals surface area contributed by atoms with Crippen molar-refractivity contribution in [3.8, 4) is 22.6 Å². The normalized spacial score (nSPS) is 10.4. The first kappa shape index (κ1) is 22.2. The molecule has 0 aliphatic heterocycles. The van der Waals surface area contributed by atoms with Crippen LogP contribution in [0.25, 0.3) is 22.6 Å². The third-order valence-corrected chi connectivity index (χ3v) is 4.44. The van der Waals surface area contributed by atoms with Crippen molar-refractivity contribution in [1.82, 2.24) is 10.1 Å². The summed E-state index contributed by atoms with van der Waals surface area (Å²) < 4.78 is 47.5. The fraction of sp³-hybridized carbons (Fsp3) is 0.0870. The molecule has 8 heteroatoms. The van der Waals surface area contributed by atoms with Gasteiger partial charge in [-0.25, -0.2) is 13.2 Å². The molecular formula is C23H16ClF3N2O2. The summed E-state index contributed by atoms with van der Waals surface area (Å²) in [5.41, 5.74) is -0.391. The molecule has 0 N–H and O–H groups in total. The first-order valence-corrected chi connectivity index (χ1v) is 9.68. The van der Waals surface area contributed by atoms with Gasteiger partial charge in [-0.1, -0.05) is 30.6 Å². The molecule has 2 aromatic carbocycles. The van der Waals surface area contributed by atoms with Gasteiger partial charge in [0, 0.05) is 34.6 Å². The summed E-state index contributed by atoms with van der Waals surface area (Å²) in [6.45, 7) is 4.00. The number of rotatable bonds is 4. The Labute approximate surface area is 181 Å². The highest BCUT2D eigenvalue weighted by atomic mass is 35.5. The molecular weight excluding hydrogens is 429 g/mol. The van der Waals surface area contributed by atoms with Crippen molar-refractivity contribution >= 4 is 17.4 Å². The second-order valence-corrected chi connectivity index (χ2v) is 6.49. The predicted molar refractivity (Wildman–Crippen MR) is 111 cm³/mol. The number of carbonyl (C=O) groups excluding carboxylic acids is 1. The van der Waals surface area contributed by atoms with Crippen molar-refractivity contribution in [3.63, 3.8) is 0 Å². The van der Waals surface area contributed by atoms with Gasteiger partial charge in [0.2, 0.25) is 5.78 Å². The van der Waals surface area contributed by atoms with E-state index in [-0.39, 0.29) is 38.7 Å². The second kappa shape index (κ2) is 9.57. The van der Waals surface area contributed by atoms with Crippen LogP contribution in [-0.2, 0) is 0 Å². The van der Waals surface area contributed by atoms with Crippen LogP contribution in [0.15, 0.2) is 65.4 Å². The van der Waals surface area contributed by atoms with E-state index in [1.807, 2.05) is 13.8 Å². The summed E-state index contributed by atoms with van der Waals surface area (Å²) in [7, 11) is 0. The molecule has 0 atom stereocenters. The third-order valence-electron chi connectivity index (χ3n) is 4.20. The molecule has 0 radical (unpaired) electrons. The molecule has 2 aromatic heterocycles. The molecule has 0 spiro atoms. The van der Waals surface area contributed by atoms with Crippen LogP contribution in [0.1, 0.15) is 29.8 Å². The summed E-state index contributed by atoms with van der Waals surface area (Å²) in [4.78, 5) is 17.1. The Hall–Kier alpha value is -3.45. The van der Waals surface area contributed by atoms with Crippen molar-refractivity contribution in [2.24, 2.45) is 0 Å². The highest BCUT2D eigenvalue weighted by Crippen LogP contribution is 2.36. The van der Waals surface area contributed by atoms with Gasteiger partial charge < -0.3 is 4.52 Å². The van der Waals surface area contributed by atoms with E-state index in [0.717, 1.165) is 18.2 Å². The summed E-state index contributed by atoms with van der Waals surface area (Å²) in [6, 6.07) is 9.64. The van der Waals surface area contributed by atoms with Crippen LogP contribution in [0.5, 0.6) is 0 Å². The van der Waals surface area contributed by atoms with Crippen LogP contribution in [0.4, 0.5) is 13.2 Å². The first-order valence-electron chi connectivity index (χ1n) is 9.31. The number of pyridine rings is 1. The van der Waals surface area contributed by atoms with Crippen LogP contribution in [-0.4, -0.2) is 15.9 Å². The minimum atomic E-state index is -0.954. The summed E-state index contributed by atoms with van der Waals surface area (Å²) in [6.07, 6.45) is 2.78. The maximum Gasteiger partial charge on any atom is 0.200 e. The van der Waals surface area contributed by atoms with E-state index >= 15 is 0 Å². The SMILES string of the molecule is CC.O=C(c1cccnc1)c1c(-c2ccc(Cl)cc2F)noc1-c1ccc(F)cc1F. The number of aromatic nitrogens is 2. The second-order valence-electron chi connectivity index (χ2n) is 6.05. The molecule has 2 heterocycles. The van der Waals surface area contributed by atoms with E-state index < -0.39 is 23.2 Å². The molecule has 158 valence electrons. The van der Waals surface area contributed by atoms with Gasteiger partial charge in [-0.05, 0) is 42.5 Å². The van der Waals surface area contributed by atoms with E-state index in [2.05, 4.69) is 10.1 Å². The number of hydrogen-bond acceptors (Lipinski definition) is 4. The van der Waals surface area contributed by atoms with Gasteiger partial charge in [-0.15, -0.1) is 0 Å². The van der Waals surface area contributed by atoms with Crippen LogP contribution >= 0.6 is 11.6 Å². The molecule has 0 fully saturated rings. The van der Waals surface area contributed by atoms with Crippen LogP contribution < -0.4 is 0 Å². The van der Waals surface area contributed by atoms with Crippen molar-refractivity contribution in [2.45, 2.75) is 13.8 Å². The largest absolute Gasteiger partial charge is 0.355 e. The average molecular weight is 445 g/mol. The Balaban J connectivity index is 0.00000132. The summed E-state index contributed by atoms with van der Waals surface area (Å²) in [5, 5.41) is 3.96. The third kappa shape index (κ3) is 4.51. The molecule has 31 heavy (non-hydrogen) atoms. The summed E-state index contributed by atoms with van der Waals surface area (Å²) in [5.74, 6) is -3.35. The van der Waals surface area contributed by atoms with Gasteiger partial charge in [-0.3, -0.25) is 9.78 Å². The van der Waals surface area contributed by atoms with Gasteiger partial charge in [0.1, 0.15) is 23.1 Å². The van der Waals surface area contributed by atoms with E-state index in [1.165, 1.54) is 30.6 Å². The predicted octanol–water partition coefficient (Wildman–Crippen LogP) is 6.73. The minimum absolute atomic E-state index is 0.0563. The van der Waals surface area contributed by atoms with Gasteiger partial charge in [0.15, 0.2) is 5.76 Å². The van der Waals surface area contributed by atoms with Crippen molar-refractivity contribution < 1.29 is 22.5 Å². The molecule has 0 unspecified atom stereocenters. The number of nitrogens with zero attached hydrogens (tertiary/aromatic N) is 2. The lowest BCUT2D eigenvalue weighted by Crippen LogP contribution is -2.05. The fourth-order valence-electron chi connectivity index (χ4n) is 2.87. The average Bonchev–Trinajstić information content (AvgIpc) is 3.19. The molecule has 0 bridgehead atoms. The smallest absolute Gasteiger partial charge is 0.200 e. The lowest BCUT2D eigenvalue weighted by Gasteiger charge is -2.06. The Bertz CT molecular complexity index is 1160. The van der Waals surface area contributed by atoms with Gasteiger partial charge in [0.25, 0.3) is 0 Å². The summed E-state index contributed by atoms with van der Waals surface area (Å²) >= 11 is 5.80. The van der Waals surface area contributed by atoms with E-state index in [4.69, 9.17) is 16.1 Å². The highest BCUT2D eigenvalue weighted by molar-refractivity contribution is 6.30. The minimum Gasteiger partial charge on any atom is -0.355 e. The standard InChI is InChI=1S/C21H10ClF3N2O2.C2H6/c22-12-3-5-14(16(24)8-12)19-18(20(28)11-2-1-7-26-10-11)21(29-27-19)15-6-4-13(23)9-17(15)25;1-2/h1-10H;1-2H3. The number of ketones is 1. The number of carbonyl (C=O) groups is 1. The maximum absolute atomic E-state index is 14.5. The zero-order valence-electron chi connectivity index (χ0n) is 16.5. The zero-order valence-corrected chi connectivity index (χ0v) is 17.3. The Morgan fingerprint density at radius 3 is 2.32 bits per heavy atom. The molecule has 4 rings (SSSR count). The molecule has 0 aliphatic rings. The van der Waals surface area contributed by atoms with Crippen LogP contribution in [0.2, 0.25) is 5.02 Å². The van der Waals surface area contributed by atoms with Gasteiger partial charge >= 0.3 is 0 Å². The van der Waals surface area contributed by atoms with Crippen LogP contribution in [0, 0.1) is 17.5 Å². The topological polar surface area (TPSA) is 56.0 Å². The maximum atomic E-state index is 14.5. The Morgan fingerprint density at radius 1 is 0.968 bits per heavy atom. The van der Waals surface area contributed by atoms with E-state index in [0.29, 0.717) is 6.07 Å². The fourth-order valence-corrected chi connectivity index (χ4v) is 3.02. The quantitative estimate of drug-likeness (QED) is 0.327. The Morgan fingerprint density at radius 2 is 1.68 bits per heavy atom. The number of hydrogen-bond donors (Lipinski definition) is 0. The van der Waals surface area contributed by atoms with E-state index in [9.17, 15) is 18.0 Å². The first-order chi connectivity index (χ1) is 15.0. The van der Waals surface area contributed by atoms with Crippen LogP contribution in [0.3, 0.4) is 0 Å². The molecule has 4 aromatic rings.